The molecule has 0 fully saturated rings. The molecule has 0 saturated heterocycles. The van der Waals surface area contributed by atoms with E-state index < -0.39 is 87.7 Å². The van der Waals surface area contributed by atoms with Gasteiger partial charge in [0.05, 0.1) is 5.56 Å². The van der Waals surface area contributed by atoms with E-state index in [0.717, 1.165) is 0 Å². The normalized spacial score (nSPS) is 12.0. The van der Waals surface area contributed by atoms with Gasteiger partial charge in [-0.25, -0.2) is 22.0 Å². The number of amides is 2. The number of primary amides is 1. The first kappa shape index (κ1) is 24.1. The molecule has 0 aromatic heterocycles. The standard InChI is InChI=1S/C14H7F5N2O8S2/c15-4-1-3(6(2-5(4)16)30(24,25)26)14(23)21-11-10(19)9(18)8(17)7(13(20)22)12(11)31(27,28)29/h1-2H,(H2,20,22)(H,21,23)(H,24,25,26)(H,27,28,29). The maximum absolute atomic E-state index is 14.2. The zero-order chi connectivity index (χ0) is 24.0. The molecule has 2 rings (SSSR count). The predicted octanol–water partition coefficient (Wildman–Crippen LogP) is 1.23. The number of rotatable bonds is 5. The molecule has 0 aliphatic heterocycles. The van der Waals surface area contributed by atoms with Crippen molar-refractivity contribution in [2.45, 2.75) is 9.79 Å². The summed E-state index contributed by atoms with van der Waals surface area (Å²) in [6.07, 6.45) is 0. The van der Waals surface area contributed by atoms with Crippen molar-refractivity contribution in [1.29, 1.82) is 0 Å². The predicted molar refractivity (Wildman–Crippen MR) is 88.8 cm³/mol. The first-order valence-corrected chi connectivity index (χ1v) is 10.1. The van der Waals surface area contributed by atoms with Crippen molar-refractivity contribution < 1.29 is 57.5 Å². The van der Waals surface area contributed by atoms with Crippen LogP contribution in [0.5, 0.6) is 0 Å². The summed E-state index contributed by atoms with van der Waals surface area (Å²) in [6, 6.07) is -0.284. The van der Waals surface area contributed by atoms with Gasteiger partial charge in [0.2, 0.25) is 0 Å². The lowest BCUT2D eigenvalue weighted by Crippen LogP contribution is -2.25. The van der Waals surface area contributed by atoms with Crippen LogP contribution in [0.4, 0.5) is 27.6 Å². The molecule has 0 aliphatic carbocycles. The highest BCUT2D eigenvalue weighted by molar-refractivity contribution is 7.86. The van der Waals surface area contributed by atoms with Gasteiger partial charge in [-0.05, 0) is 12.1 Å². The van der Waals surface area contributed by atoms with Gasteiger partial charge in [-0.15, -0.1) is 0 Å². The SMILES string of the molecule is NC(=O)c1c(F)c(F)c(F)c(NC(=O)c2cc(F)c(F)cc2S(=O)(=O)O)c1S(=O)(=O)O. The second-order valence-corrected chi connectivity index (χ2v) is 8.30. The van der Waals surface area contributed by atoms with Gasteiger partial charge in [0.25, 0.3) is 32.1 Å². The molecular formula is C14H7F5N2O8S2. The maximum atomic E-state index is 14.2. The van der Waals surface area contributed by atoms with Gasteiger partial charge in [0, 0.05) is 0 Å². The Kier molecular flexibility index (Phi) is 6.10. The van der Waals surface area contributed by atoms with Crippen LogP contribution in [-0.2, 0) is 20.2 Å². The Morgan fingerprint density at radius 2 is 1.35 bits per heavy atom. The monoisotopic (exact) mass is 490 g/mol. The molecule has 0 heterocycles. The van der Waals surface area contributed by atoms with E-state index in [2.05, 4.69) is 0 Å². The summed E-state index contributed by atoms with van der Waals surface area (Å²) in [4.78, 5) is 20.0. The molecule has 2 aromatic carbocycles. The zero-order valence-corrected chi connectivity index (χ0v) is 15.9. The molecular weight excluding hydrogens is 483 g/mol. The van der Waals surface area contributed by atoms with Gasteiger partial charge in [-0.2, -0.15) is 16.8 Å². The third-order valence-electron chi connectivity index (χ3n) is 3.57. The Hall–Kier alpha value is -3.15. The average Bonchev–Trinajstić information content (AvgIpc) is 2.61. The number of hydrogen-bond acceptors (Lipinski definition) is 6. The molecule has 168 valence electrons. The van der Waals surface area contributed by atoms with Crippen molar-refractivity contribution >= 4 is 37.7 Å². The lowest BCUT2D eigenvalue weighted by Gasteiger charge is -2.15. The fourth-order valence-corrected chi connectivity index (χ4v) is 3.86. The van der Waals surface area contributed by atoms with Gasteiger partial charge >= 0.3 is 0 Å². The highest BCUT2D eigenvalue weighted by Crippen LogP contribution is 2.34. The van der Waals surface area contributed by atoms with Gasteiger partial charge in [0.15, 0.2) is 29.1 Å². The van der Waals surface area contributed by atoms with Crippen LogP contribution in [0.3, 0.4) is 0 Å². The number of carbonyl (C=O) groups excluding carboxylic acids is 2. The van der Waals surface area contributed by atoms with E-state index in [-0.39, 0.29) is 12.1 Å². The van der Waals surface area contributed by atoms with E-state index in [1.807, 2.05) is 0 Å². The summed E-state index contributed by atoms with van der Waals surface area (Å²) in [7, 11) is -11.2. The van der Waals surface area contributed by atoms with E-state index in [4.69, 9.17) is 10.3 Å². The average molecular weight is 490 g/mol. The van der Waals surface area contributed by atoms with Crippen LogP contribution in [0.15, 0.2) is 21.9 Å². The van der Waals surface area contributed by atoms with Crippen LogP contribution in [0.25, 0.3) is 0 Å². The number of nitrogens with one attached hydrogen (secondary N) is 1. The van der Waals surface area contributed by atoms with Crippen molar-refractivity contribution in [1.82, 2.24) is 0 Å². The summed E-state index contributed by atoms with van der Waals surface area (Å²) in [5, 5.41) is 1.19. The highest BCUT2D eigenvalue weighted by Gasteiger charge is 2.35. The summed E-state index contributed by atoms with van der Waals surface area (Å²) in [5.41, 5.74) is -0.596. The van der Waals surface area contributed by atoms with Crippen LogP contribution in [0.2, 0.25) is 0 Å². The Morgan fingerprint density at radius 3 is 1.81 bits per heavy atom. The number of carbonyl (C=O) groups is 2. The third kappa shape index (κ3) is 4.48. The molecule has 17 heteroatoms. The van der Waals surface area contributed by atoms with Crippen LogP contribution in [-0.4, -0.2) is 37.8 Å². The highest BCUT2D eigenvalue weighted by atomic mass is 32.2. The molecule has 31 heavy (non-hydrogen) atoms. The molecule has 0 aliphatic rings. The van der Waals surface area contributed by atoms with Crippen molar-refractivity contribution in [3.05, 3.63) is 52.3 Å². The van der Waals surface area contributed by atoms with Crippen molar-refractivity contribution in [2.24, 2.45) is 5.73 Å². The second-order valence-electron chi connectivity index (χ2n) is 5.55. The minimum Gasteiger partial charge on any atom is -0.365 e. The number of halogens is 5. The van der Waals surface area contributed by atoms with Crippen molar-refractivity contribution in [3.63, 3.8) is 0 Å². The Labute approximate surface area is 169 Å². The first-order valence-electron chi connectivity index (χ1n) is 7.24. The van der Waals surface area contributed by atoms with Crippen molar-refractivity contribution in [2.75, 3.05) is 5.32 Å². The fraction of sp³-hybridized carbons (Fsp3) is 0. The lowest BCUT2D eigenvalue weighted by atomic mass is 10.1. The second kappa shape index (κ2) is 7.84. The Bertz CT molecular complexity index is 1360. The van der Waals surface area contributed by atoms with Crippen LogP contribution < -0.4 is 11.1 Å². The quantitative estimate of drug-likeness (QED) is 0.274. The molecule has 10 nitrogen and oxygen atoms in total. The molecule has 0 spiro atoms. The van der Waals surface area contributed by atoms with Gasteiger partial charge < -0.3 is 11.1 Å². The molecule has 2 aromatic rings. The minimum absolute atomic E-state index is 0.117. The van der Waals surface area contributed by atoms with E-state index in [1.54, 1.807) is 0 Å². The number of benzene rings is 2. The van der Waals surface area contributed by atoms with E-state index in [0.29, 0.717) is 0 Å². The summed E-state index contributed by atoms with van der Waals surface area (Å²) < 4.78 is 133. The van der Waals surface area contributed by atoms with E-state index >= 15 is 0 Å². The third-order valence-corrected chi connectivity index (χ3v) is 5.38. The molecule has 5 N–H and O–H groups in total. The number of hydrogen-bond donors (Lipinski definition) is 4. The number of anilines is 1. The fourth-order valence-electron chi connectivity index (χ4n) is 2.33. The van der Waals surface area contributed by atoms with Crippen LogP contribution >= 0.6 is 0 Å². The minimum atomic E-state index is -5.82. The van der Waals surface area contributed by atoms with Crippen LogP contribution in [0, 0.1) is 29.1 Å². The van der Waals surface area contributed by atoms with Gasteiger partial charge in [-0.1, -0.05) is 0 Å². The van der Waals surface area contributed by atoms with Crippen molar-refractivity contribution in [3.8, 4) is 0 Å². The van der Waals surface area contributed by atoms with E-state index in [9.17, 15) is 52.9 Å². The first-order chi connectivity index (χ1) is 14.0. The summed E-state index contributed by atoms with van der Waals surface area (Å²) in [6.45, 7) is 0. The molecule has 0 bridgehead atoms. The molecule has 2 amide bonds. The van der Waals surface area contributed by atoms with Crippen LogP contribution in [0.1, 0.15) is 20.7 Å². The Balaban J connectivity index is 2.87. The van der Waals surface area contributed by atoms with Gasteiger partial charge in [-0.3, -0.25) is 18.7 Å². The molecule has 0 unspecified atom stereocenters. The van der Waals surface area contributed by atoms with E-state index in [1.165, 1.54) is 5.32 Å². The maximum Gasteiger partial charge on any atom is 0.297 e. The van der Waals surface area contributed by atoms with Gasteiger partial charge in [0.1, 0.15) is 21.0 Å². The summed E-state index contributed by atoms with van der Waals surface area (Å²) >= 11 is 0. The zero-order valence-electron chi connectivity index (χ0n) is 14.3. The lowest BCUT2D eigenvalue weighted by molar-refractivity contribution is 0.0986. The molecule has 0 atom stereocenters. The molecule has 0 saturated carbocycles. The largest absolute Gasteiger partial charge is 0.365 e. The number of nitrogens with two attached hydrogens (primary N) is 1. The molecule has 0 radical (unpaired) electrons. The summed E-state index contributed by atoms with van der Waals surface area (Å²) in [5.74, 6) is -15.3. The Morgan fingerprint density at radius 1 is 0.839 bits per heavy atom. The topological polar surface area (TPSA) is 181 Å². The smallest absolute Gasteiger partial charge is 0.297 e.